The van der Waals surface area contributed by atoms with Gasteiger partial charge in [0.15, 0.2) is 11.6 Å². The van der Waals surface area contributed by atoms with Crippen LogP contribution in [0, 0.1) is 11.6 Å². The van der Waals surface area contributed by atoms with Crippen LogP contribution in [0.4, 0.5) is 8.78 Å². The predicted octanol–water partition coefficient (Wildman–Crippen LogP) is 3.42. The lowest BCUT2D eigenvalue weighted by molar-refractivity contribution is 0.369. The maximum atomic E-state index is 13.6. The number of methoxy groups -OCH3 is 1. The fraction of sp³-hybridized carbons (Fsp3) is 0.571. The molecule has 2 nitrogen and oxygen atoms in total. The molecule has 0 bridgehead atoms. The molecule has 4 heteroatoms. The first-order valence-electron chi connectivity index (χ1n) is 6.36. The first kappa shape index (κ1) is 14.9. The molecule has 1 aromatic rings. The summed E-state index contributed by atoms with van der Waals surface area (Å²) in [6.45, 7) is 2.08. The Bertz CT molecular complexity index is 382. The van der Waals surface area contributed by atoms with E-state index in [1.165, 1.54) is 13.2 Å². The Morgan fingerprint density at radius 1 is 1.22 bits per heavy atom. The average molecular weight is 257 g/mol. The van der Waals surface area contributed by atoms with Gasteiger partial charge in [0.1, 0.15) is 0 Å². The van der Waals surface area contributed by atoms with Crippen LogP contribution in [0.15, 0.2) is 12.1 Å². The third kappa shape index (κ3) is 3.95. The second-order valence-electron chi connectivity index (χ2n) is 4.50. The van der Waals surface area contributed by atoms with Gasteiger partial charge in [0, 0.05) is 6.04 Å². The van der Waals surface area contributed by atoms with Crippen molar-refractivity contribution in [3.63, 3.8) is 0 Å². The largest absolute Gasteiger partial charge is 0.494 e. The number of ether oxygens (including phenoxy) is 1. The molecule has 0 saturated carbocycles. The van der Waals surface area contributed by atoms with E-state index in [0.29, 0.717) is 12.0 Å². The summed E-state index contributed by atoms with van der Waals surface area (Å²) in [6, 6.07) is 3.18. The molecule has 0 aliphatic rings. The first-order valence-corrected chi connectivity index (χ1v) is 6.36. The van der Waals surface area contributed by atoms with E-state index < -0.39 is 11.6 Å². The summed E-state index contributed by atoms with van der Waals surface area (Å²) in [7, 11) is 1.32. The number of aryl methyl sites for hydroxylation is 1. The van der Waals surface area contributed by atoms with Gasteiger partial charge in [-0.05, 0) is 37.3 Å². The minimum atomic E-state index is -0.909. The van der Waals surface area contributed by atoms with Gasteiger partial charge in [0.25, 0.3) is 0 Å². The summed E-state index contributed by atoms with van der Waals surface area (Å²) >= 11 is 0. The summed E-state index contributed by atoms with van der Waals surface area (Å²) in [5, 5.41) is 0. The van der Waals surface area contributed by atoms with Gasteiger partial charge < -0.3 is 10.5 Å². The van der Waals surface area contributed by atoms with E-state index in [9.17, 15) is 8.78 Å². The molecule has 1 atom stereocenters. The van der Waals surface area contributed by atoms with Crippen LogP contribution in [0.1, 0.15) is 38.2 Å². The quantitative estimate of drug-likeness (QED) is 0.812. The van der Waals surface area contributed by atoms with Crippen molar-refractivity contribution in [2.75, 3.05) is 7.11 Å². The lowest BCUT2D eigenvalue weighted by atomic mass is 10.0. The van der Waals surface area contributed by atoms with Gasteiger partial charge in [-0.15, -0.1) is 0 Å². The Morgan fingerprint density at radius 3 is 2.56 bits per heavy atom. The van der Waals surface area contributed by atoms with E-state index in [2.05, 4.69) is 6.92 Å². The van der Waals surface area contributed by atoms with Crippen molar-refractivity contribution in [2.24, 2.45) is 5.73 Å². The van der Waals surface area contributed by atoms with Crippen molar-refractivity contribution < 1.29 is 13.5 Å². The third-order valence-corrected chi connectivity index (χ3v) is 3.03. The van der Waals surface area contributed by atoms with E-state index in [1.54, 1.807) is 6.07 Å². The molecule has 0 fully saturated rings. The van der Waals surface area contributed by atoms with Crippen molar-refractivity contribution in [3.8, 4) is 5.75 Å². The van der Waals surface area contributed by atoms with E-state index in [0.717, 1.165) is 25.7 Å². The molecule has 0 amide bonds. The standard InChI is InChI=1S/C14H21F2NO/c1-3-5-11(17)7-4-6-10-8-9-12(18-2)14(16)13(10)15/h8-9,11H,3-7,17H2,1-2H3. The second-order valence-corrected chi connectivity index (χ2v) is 4.50. The number of rotatable bonds is 7. The van der Waals surface area contributed by atoms with Crippen LogP contribution < -0.4 is 10.5 Å². The molecule has 0 aliphatic heterocycles. The molecule has 0 spiro atoms. The second kappa shape index (κ2) is 7.31. The van der Waals surface area contributed by atoms with Crippen molar-refractivity contribution in [2.45, 2.75) is 45.1 Å². The fourth-order valence-corrected chi connectivity index (χ4v) is 1.99. The van der Waals surface area contributed by atoms with Crippen LogP contribution >= 0.6 is 0 Å². The molecular formula is C14H21F2NO. The van der Waals surface area contributed by atoms with Gasteiger partial charge in [-0.2, -0.15) is 4.39 Å². The van der Waals surface area contributed by atoms with Crippen molar-refractivity contribution >= 4 is 0 Å². The molecule has 0 aliphatic carbocycles. The third-order valence-electron chi connectivity index (χ3n) is 3.03. The van der Waals surface area contributed by atoms with E-state index in [4.69, 9.17) is 10.5 Å². The Hall–Kier alpha value is -1.16. The molecule has 102 valence electrons. The molecule has 18 heavy (non-hydrogen) atoms. The molecule has 0 heterocycles. The number of nitrogens with two attached hydrogens (primary N) is 1. The summed E-state index contributed by atoms with van der Waals surface area (Å²) in [4.78, 5) is 0. The van der Waals surface area contributed by atoms with E-state index in [-0.39, 0.29) is 11.8 Å². The highest BCUT2D eigenvalue weighted by Crippen LogP contribution is 2.23. The van der Waals surface area contributed by atoms with Gasteiger partial charge >= 0.3 is 0 Å². The van der Waals surface area contributed by atoms with Gasteiger partial charge in [-0.25, -0.2) is 4.39 Å². The highest BCUT2D eigenvalue weighted by Gasteiger charge is 2.13. The Labute approximate surface area is 107 Å². The highest BCUT2D eigenvalue weighted by molar-refractivity contribution is 5.31. The topological polar surface area (TPSA) is 35.2 Å². The van der Waals surface area contributed by atoms with Crippen molar-refractivity contribution in [3.05, 3.63) is 29.3 Å². The molecular weight excluding hydrogens is 236 g/mol. The molecule has 2 N–H and O–H groups in total. The van der Waals surface area contributed by atoms with E-state index >= 15 is 0 Å². The van der Waals surface area contributed by atoms with Crippen molar-refractivity contribution in [1.82, 2.24) is 0 Å². The number of hydrogen-bond acceptors (Lipinski definition) is 2. The predicted molar refractivity (Wildman–Crippen MR) is 68.7 cm³/mol. The Kier molecular flexibility index (Phi) is 6.05. The van der Waals surface area contributed by atoms with Crippen molar-refractivity contribution in [1.29, 1.82) is 0 Å². The van der Waals surface area contributed by atoms with Crippen LogP contribution in [0.5, 0.6) is 5.75 Å². The molecule has 1 rings (SSSR count). The first-order chi connectivity index (χ1) is 8.60. The number of hydrogen-bond donors (Lipinski definition) is 1. The van der Waals surface area contributed by atoms with Gasteiger partial charge in [-0.1, -0.05) is 19.4 Å². The zero-order chi connectivity index (χ0) is 13.5. The minimum Gasteiger partial charge on any atom is -0.494 e. The van der Waals surface area contributed by atoms with Gasteiger partial charge in [-0.3, -0.25) is 0 Å². The fourth-order valence-electron chi connectivity index (χ4n) is 1.99. The molecule has 0 radical (unpaired) electrons. The molecule has 1 unspecified atom stereocenters. The number of benzene rings is 1. The lowest BCUT2D eigenvalue weighted by Gasteiger charge is -2.11. The normalized spacial score (nSPS) is 12.5. The smallest absolute Gasteiger partial charge is 0.200 e. The molecule has 0 aromatic heterocycles. The molecule has 0 saturated heterocycles. The Morgan fingerprint density at radius 2 is 1.94 bits per heavy atom. The van der Waals surface area contributed by atoms with Crippen LogP contribution in [0.25, 0.3) is 0 Å². The van der Waals surface area contributed by atoms with Crippen LogP contribution in [0.3, 0.4) is 0 Å². The van der Waals surface area contributed by atoms with Gasteiger partial charge in [0.2, 0.25) is 5.82 Å². The maximum Gasteiger partial charge on any atom is 0.200 e. The number of halogens is 2. The molecule has 1 aromatic carbocycles. The van der Waals surface area contributed by atoms with Crippen LogP contribution in [-0.2, 0) is 6.42 Å². The minimum absolute atomic E-state index is 0.0565. The SMILES string of the molecule is CCCC(N)CCCc1ccc(OC)c(F)c1F. The summed E-state index contributed by atoms with van der Waals surface area (Å²) < 4.78 is 31.8. The summed E-state index contributed by atoms with van der Waals surface area (Å²) in [6.07, 6.45) is 4.13. The van der Waals surface area contributed by atoms with Crippen LogP contribution in [-0.4, -0.2) is 13.2 Å². The van der Waals surface area contributed by atoms with Crippen LogP contribution in [0.2, 0.25) is 0 Å². The van der Waals surface area contributed by atoms with Gasteiger partial charge in [0.05, 0.1) is 7.11 Å². The summed E-state index contributed by atoms with van der Waals surface area (Å²) in [5.74, 6) is -1.77. The van der Waals surface area contributed by atoms with E-state index in [1.807, 2.05) is 0 Å². The zero-order valence-electron chi connectivity index (χ0n) is 11.0. The maximum absolute atomic E-state index is 13.6. The zero-order valence-corrected chi connectivity index (χ0v) is 11.0. The highest BCUT2D eigenvalue weighted by atomic mass is 19.2. The average Bonchev–Trinajstić information content (AvgIpc) is 2.35. The Balaban J connectivity index is 2.55. The lowest BCUT2D eigenvalue weighted by Crippen LogP contribution is -2.19. The summed E-state index contributed by atoms with van der Waals surface area (Å²) in [5.41, 5.74) is 6.26. The monoisotopic (exact) mass is 257 g/mol.